The summed E-state index contributed by atoms with van der Waals surface area (Å²) in [4.78, 5) is 47.2. The molecule has 158 valence electrons. The van der Waals surface area contributed by atoms with Gasteiger partial charge in [0.15, 0.2) is 10.9 Å². The fraction of sp³-hybridized carbons (Fsp3) is 0.286. The number of benzene rings is 1. The highest BCUT2D eigenvalue weighted by molar-refractivity contribution is 7.98. The van der Waals surface area contributed by atoms with Crippen LogP contribution in [0.4, 0.5) is 4.79 Å². The first-order chi connectivity index (χ1) is 15.1. The van der Waals surface area contributed by atoms with Gasteiger partial charge >= 0.3 is 6.03 Å². The molecule has 0 bridgehead atoms. The number of amides is 4. The third-order valence-electron chi connectivity index (χ3n) is 5.70. The number of hydrogen-bond donors (Lipinski definition) is 2. The van der Waals surface area contributed by atoms with E-state index in [2.05, 4.69) is 20.6 Å². The molecule has 0 unspecified atom stereocenters. The summed E-state index contributed by atoms with van der Waals surface area (Å²) in [6.07, 6.45) is 4.07. The lowest BCUT2D eigenvalue weighted by molar-refractivity contribution is -0.125. The van der Waals surface area contributed by atoms with Crippen molar-refractivity contribution in [3.05, 3.63) is 54.0 Å². The Kier molecular flexibility index (Phi) is 4.85. The van der Waals surface area contributed by atoms with Crippen LogP contribution in [0, 0.1) is 0 Å². The number of hydrogen-bond acceptors (Lipinski definition) is 7. The van der Waals surface area contributed by atoms with Crippen molar-refractivity contribution in [1.82, 2.24) is 25.5 Å². The first-order valence-electron chi connectivity index (χ1n) is 9.89. The van der Waals surface area contributed by atoms with Crippen molar-refractivity contribution in [1.29, 1.82) is 0 Å². The van der Waals surface area contributed by atoms with Crippen LogP contribution < -0.4 is 10.6 Å². The summed E-state index contributed by atoms with van der Waals surface area (Å²) in [7, 11) is 0. The van der Waals surface area contributed by atoms with Crippen LogP contribution in [-0.4, -0.2) is 51.3 Å². The number of carbonyl (C=O) groups is 3. The summed E-state index contributed by atoms with van der Waals surface area (Å²) in [5.74, 6) is 0.229. The van der Waals surface area contributed by atoms with E-state index >= 15 is 0 Å². The molecule has 2 aromatic heterocycles. The molecule has 5 rings (SSSR count). The maximum Gasteiger partial charge on any atom is 0.322 e. The van der Waals surface area contributed by atoms with Crippen LogP contribution in [0.1, 0.15) is 29.0 Å². The van der Waals surface area contributed by atoms with Crippen molar-refractivity contribution in [3.8, 4) is 0 Å². The number of para-hydroxylation sites is 1. The number of aromatic nitrogens is 2. The van der Waals surface area contributed by atoms with E-state index in [-0.39, 0.29) is 11.8 Å². The Balaban J connectivity index is 1.39. The Hall–Kier alpha value is -3.40. The number of urea groups is 1. The molecule has 10 heteroatoms. The molecule has 9 nitrogen and oxygen atoms in total. The summed E-state index contributed by atoms with van der Waals surface area (Å²) >= 11 is 1.43. The minimum absolute atomic E-state index is 0.222. The number of furan rings is 1. The number of thioether (sulfide) groups is 1. The van der Waals surface area contributed by atoms with E-state index in [1.807, 2.05) is 24.3 Å². The summed E-state index contributed by atoms with van der Waals surface area (Å²) in [6.45, 7) is 0.690. The van der Waals surface area contributed by atoms with E-state index in [0.717, 1.165) is 10.9 Å². The molecule has 1 spiro atoms. The predicted molar refractivity (Wildman–Crippen MR) is 112 cm³/mol. The molecule has 4 amide bonds. The Morgan fingerprint density at radius 2 is 1.87 bits per heavy atom. The van der Waals surface area contributed by atoms with Crippen LogP contribution in [0.3, 0.4) is 0 Å². The molecule has 0 saturated carbocycles. The van der Waals surface area contributed by atoms with Crippen LogP contribution in [-0.2, 0) is 10.5 Å². The fourth-order valence-corrected chi connectivity index (χ4v) is 4.86. The lowest BCUT2D eigenvalue weighted by atomic mass is 9.87. The van der Waals surface area contributed by atoms with Crippen LogP contribution in [0.15, 0.2) is 52.3 Å². The van der Waals surface area contributed by atoms with Crippen molar-refractivity contribution < 1.29 is 18.8 Å². The first kappa shape index (κ1) is 19.6. The summed E-state index contributed by atoms with van der Waals surface area (Å²) in [5, 5.41) is 6.50. The van der Waals surface area contributed by atoms with Crippen LogP contribution >= 0.6 is 11.8 Å². The highest BCUT2D eigenvalue weighted by atomic mass is 32.2. The number of fused-ring (bicyclic) bond motifs is 1. The van der Waals surface area contributed by atoms with E-state index in [0.29, 0.717) is 48.2 Å². The average molecular weight is 437 g/mol. The van der Waals surface area contributed by atoms with E-state index in [9.17, 15) is 14.4 Å². The molecule has 0 aliphatic carbocycles. The van der Waals surface area contributed by atoms with Gasteiger partial charge in [0.2, 0.25) is 0 Å². The van der Waals surface area contributed by atoms with Crippen molar-refractivity contribution >= 4 is 40.6 Å². The second-order valence-corrected chi connectivity index (χ2v) is 8.45. The predicted octanol–water partition coefficient (Wildman–Crippen LogP) is 2.33. The van der Waals surface area contributed by atoms with Gasteiger partial charge in [0, 0.05) is 42.2 Å². The minimum atomic E-state index is -0.926. The Morgan fingerprint density at radius 3 is 2.58 bits per heavy atom. The number of rotatable bonds is 4. The zero-order chi connectivity index (χ0) is 21.4. The zero-order valence-corrected chi connectivity index (χ0v) is 17.3. The lowest BCUT2D eigenvalue weighted by Gasteiger charge is -2.36. The number of imide groups is 1. The molecule has 3 aromatic rings. The van der Waals surface area contributed by atoms with Crippen LogP contribution in [0.2, 0.25) is 0 Å². The molecule has 1 aromatic carbocycles. The van der Waals surface area contributed by atoms with E-state index in [4.69, 9.17) is 4.42 Å². The van der Waals surface area contributed by atoms with Gasteiger partial charge in [0.05, 0.1) is 0 Å². The number of piperidine rings is 1. The molecular weight excluding hydrogens is 418 g/mol. The molecule has 31 heavy (non-hydrogen) atoms. The second-order valence-electron chi connectivity index (χ2n) is 7.51. The van der Waals surface area contributed by atoms with E-state index < -0.39 is 11.6 Å². The number of carbonyl (C=O) groups excluding carboxylic acids is 3. The van der Waals surface area contributed by atoms with E-state index in [1.165, 1.54) is 11.8 Å². The topological polar surface area (TPSA) is 117 Å². The van der Waals surface area contributed by atoms with Crippen molar-refractivity contribution in [2.45, 2.75) is 29.3 Å². The van der Waals surface area contributed by atoms with Gasteiger partial charge in [0.25, 0.3) is 11.8 Å². The summed E-state index contributed by atoms with van der Waals surface area (Å²) in [6, 6.07) is 8.81. The molecule has 2 saturated heterocycles. The normalized spacial score (nSPS) is 17.7. The molecular formula is C21H19N5O4S. The van der Waals surface area contributed by atoms with E-state index in [1.54, 1.807) is 23.4 Å². The molecule has 4 heterocycles. The SMILES string of the molecule is O=C1NC(=O)C2(CCN(C(=O)c3oc4ccccc4c3CSc3ncccn3)CC2)N1. The highest BCUT2D eigenvalue weighted by Crippen LogP contribution is 2.33. The van der Waals surface area contributed by atoms with Gasteiger partial charge in [-0.15, -0.1) is 0 Å². The molecule has 2 aliphatic heterocycles. The van der Waals surface area contributed by atoms with Gasteiger partial charge in [-0.3, -0.25) is 14.9 Å². The molecule has 0 atom stereocenters. The van der Waals surface area contributed by atoms with Gasteiger partial charge in [0.1, 0.15) is 11.1 Å². The van der Waals surface area contributed by atoms with Crippen LogP contribution in [0.5, 0.6) is 0 Å². The van der Waals surface area contributed by atoms with Gasteiger partial charge < -0.3 is 14.6 Å². The lowest BCUT2D eigenvalue weighted by Crippen LogP contribution is -2.55. The minimum Gasteiger partial charge on any atom is -0.451 e. The number of nitrogens with zero attached hydrogens (tertiary/aromatic N) is 3. The number of likely N-dealkylation sites (tertiary alicyclic amines) is 1. The summed E-state index contributed by atoms with van der Waals surface area (Å²) in [5.41, 5.74) is 0.516. The molecule has 2 aliphatic rings. The smallest absolute Gasteiger partial charge is 0.322 e. The standard InChI is InChI=1S/C21H19N5O4S/c27-17(26-10-6-21(7-11-26)18(28)24-19(29)25-21)16-14(12-31-20-22-8-3-9-23-20)13-4-1-2-5-15(13)30-16/h1-5,8-9H,6-7,10-12H2,(H2,24,25,28,29). The highest BCUT2D eigenvalue weighted by Gasteiger charge is 2.48. The third-order valence-corrected chi connectivity index (χ3v) is 6.60. The van der Waals surface area contributed by atoms with Crippen molar-refractivity contribution in [2.24, 2.45) is 0 Å². The Bertz CT molecular complexity index is 1170. The molecule has 2 N–H and O–H groups in total. The van der Waals surface area contributed by atoms with Crippen molar-refractivity contribution in [3.63, 3.8) is 0 Å². The fourth-order valence-electron chi connectivity index (χ4n) is 4.03. The molecule has 0 radical (unpaired) electrons. The molecule has 2 fully saturated rings. The quantitative estimate of drug-likeness (QED) is 0.365. The third kappa shape index (κ3) is 3.52. The Labute approximate surface area is 181 Å². The Morgan fingerprint density at radius 1 is 1.13 bits per heavy atom. The van der Waals surface area contributed by atoms with Gasteiger partial charge in [-0.25, -0.2) is 14.8 Å². The maximum atomic E-state index is 13.4. The van der Waals surface area contributed by atoms with Gasteiger partial charge in [-0.1, -0.05) is 30.0 Å². The number of nitrogens with one attached hydrogen (secondary N) is 2. The maximum absolute atomic E-state index is 13.4. The van der Waals surface area contributed by atoms with Crippen molar-refractivity contribution in [2.75, 3.05) is 13.1 Å². The monoisotopic (exact) mass is 437 g/mol. The van der Waals surface area contributed by atoms with Crippen LogP contribution in [0.25, 0.3) is 11.0 Å². The zero-order valence-electron chi connectivity index (χ0n) is 16.5. The van der Waals surface area contributed by atoms with Gasteiger partial charge in [-0.2, -0.15) is 0 Å². The van der Waals surface area contributed by atoms with Gasteiger partial charge in [-0.05, 0) is 25.0 Å². The first-order valence-corrected chi connectivity index (χ1v) is 10.9. The second kappa shape index (κ2) is 7.69. The largest absolute Gasteiger partial charge is 0.451 e. The average Bonchev–Trinajstić information content (AvgIpc) is 3.29. The summed E-state index contributed by atoms with van der Waals surface area (Å²) < 4.78 is 5.96.